The largest absolute Gasteiger partial charge is 0.463 e. The molecule has 0 fully saturated rings. The zero-order valence-corrected chi connectivity index (χ0v) is 17.3. The number of hydrogen-bond acceptors (Lipinski definition) is 5. The molecule has 1 aromatic rings. The molecule has 0 radical (unpaired) electrons. The van der Waals surface area contributed by atoms with E-state index in [0.29, 0.717) is 19.8 Å². The monoisotopic (exact) mass is 380 g/mol. The van der Waals surface area contributed by atoms with Crippen LogP contribution in [0.2, 0.25) is 25.7 Å². The van der Waals surface area contributed by atoms with E-state index in [-0.39, 0.29) is 6.61 Å². The summed E-state index contributed by atoms with van der Waals surface area (Å²) in [5.74, 6) is -0.441. The van der Waals surface area contributed by atoms with E-state index in [0.717, 1.165) is 11.6 Å². The number of carbonyl (C=O) groups is 1. The van der Waals surface area contributed by atoms with E-state index in [1.165, 1.54) is 6.08 Å². The lowest BCUT2D eigenvalue weighted by atomic mass is 10.2. The Bertz CT molecular complexity index is 539. The molecule has 26 heavy (non-hydrogen) atoms. The van der Waals surface area contributed by atoms with Crippen molar-refractivity contribution in [2.24, 2.45) is 0 Å². The summed E-state index contributed by atoms with van der Waals surface area (Å²) in [6.45, 7) is 9.94. The van der Waals surface area contributed by atoms with Crippen molar-refractivity contribution in [2.75, 3.05) is 19.8 Å². The van der Waals surface area contributed by atoms with Crippen molar-refractivity contribution in [2.45, 2.75) is 51.4 Å². The van der Waals surface area contributed by atoms with Crippen molar-refractivity contribution in [3.63, 3.8) is 0 Å². The van der Waals surface area contributed by atoms with Gasteiger partial charge in [0.05, 0.1) is 19.8 Å². The molecule has 146 valence electrons. The van der Waals surface area contributed by atoms with E-state index in [9.17, 15) is 9.90 Å². The van der Waals surface area contributed by atoms with Gasteiger partial charge in [-0.3, -0.25) is 0 Å². The summed E-state index contributed by atoms with van der Waals surface area (Å²) in [4.78, 5) is 11.5. The van der Waals surface area contributed by atoms with E-state index in [2.05, 4.69) is 19.6 Å². The Hall–Kier alpha value is -1.47. The molecule has 1 aromatic carbocycles. The van der Waals surface area contributed by atoms with Crippen LogP contribution in [0, 0.1) is 0 Å². The van der Waals surface area contributed by atoms with Crippen molar-refractivity contribution >= 4 is 14.0 Å². The predicted molar refractivity (Wildman–Crippen MR) is 106 cm³/mol. The molecule has 0 aromatic heterocycles. The molecule has 1 N–H and O–H groups in total. The fraction of sp³-hybridized carbons (Fsp3) is 0.550. The van der Waals surface area contributed by atoms with Crippen LogP contribution in [0.15, 0.2) is 42.5 Å². The van der Waals surface area contributed by atoms with Gasteiger partial charge in [-0.1, -0.05) is 50.0 Å². The lowest BCUT2D eigenvalue weighted by molar-refractivity contribution is -0.137. The maximum Gasteiger partial charge on any atom is 0.330 e. The highest BCUT2D eigenvalue weighted by atomic mass is 28.3. The Morgan fingerprint density at radius 1 is 1.23 bits per heavy atom. The van der Waals surface area contributed by atoms with Crippen molar-refractivity contribution in [3.8, 4) is 0 Å². The van der Waals surface area contributed by atoms with Crippen LogP contribution in [-0.2, 0) is 25.6 Å². The van der Waals surface area contributed by atoms with E-state index in [4.69, 9.17) is 14.2 Å². The SMILES string of the molecule is CCOC(=O)/C=C/[C@H](OCC[Si](C)(C)C)[C@H](O)COCc1ccccc1. The Morgan fingerprint density at radius 2 is 1.92 bits per heavy atom. The van der Waals surface area contributed by atoms with Crippen LogP contribution in [0.3, 0.4) is 0 Å². The van der Waals surface area contributed by atoms with Crippen LogP contribution in [0.25, 0.3) is 0 Å². The molecular formula is C20H32O5Si. The van der Waals surface area contributed by atoms with Crippen molar-refractivity contribution < 1.29 is 24.1 Å². The summed E-state index contributed by atoms with van der Waals surface area (Å²) in [5.41, 5.74) is 1.04. The van der Waals surface area contributed by atoms with Crippen LogP contribution < -0.4 is 0 Å². The molecule has 6 heteroatoms. The minimum atomic E-state index is -1.24. The van der Waals surface area contributed by atoms with Crippen LogP contribution >= 0.6 is 0 Å². The first kappa shape index (κ1) is 22.6. The lowest BCUT2D eigenvalue weighted by Gasteiger charge is -2.23. The Kier molecular flexibility index (Phi) is 10.4. The predicted octanol–water partition coefficient (Wildman–Crippen LogP) is 3.41. The van der Waals surface area contributed by atoms with Gasteiger partial charge in [0.1, 0.15) is 12.2 Å². The fourth-order valence-electron chi connectivity index (χ4n) is 2.13. The molecule has 2 atom stereocenters. The van der Waals surface area contributed by atoms with Crippen molar-refractivity contribution in [3.05, 3.63) is 48.0 Å². The second-order valence-corrected chi connectivity index (χ2v) is 12.9. The van der Waals surface area contributed by atoms with Gasteiger partial charge in [0, 0.05) is 20.8 Å². The molecule has 0 aliphatic rings. The minimum Gasteiger partial charge on any atom is -0.463 e. The fourth-order valence-corrected chi connectivity index (χ4v) is 2.86. The third-order valence-electron chi connectivity index (χ3n) is 3.65. The molecule has 0 bridgehead atoms. The van der Waals surface area contributed by atoms with E-state index in [1.807, 2.05) is 30.3 Å². The van der Waals surface area contributed by atoms with Gasteiger partial charge in [-0.05, 0) is 24.6 Å². The zero-order chi connectivity index (χ0) is 19.4. The average molecular weight is 381 g/mol. The normalized spacial score (nSPS) is 14.3. The van der Waals surface area contributed by atoms with E-state index in [1.54, 1.807) is 13.0 Å². The highest BCUT2D eigenvalue weighted by molar-refractivity contribution is 6.76. The maximum atomic E-state index is 11.5. The molecule has 0 heterocycles. The summed E-state index contributed by atoms with van der Waals surface area (Å²) < 4.78 is 16.3. The summed E-state index contributed by atoms with van der Waals surface area (Å²) in [6, 6.07) is 10.7. The number of aliphatic hydroxyl groups excluding tert-OH is 1. The zero-order valence-electron chi connectivity index (χ0n) is 16.3. The molecule has 5 nitrogen and oxygen atoms in total. The topological polar surface area (TPSA) is 65.0 Å². The number of rotatable bonds is 12. The van der Waals surface area contributed by atoms with Crippen LogP contribution in [0.5, 0.6) is 0 Å². The third kappa shape index (κ3) is 10.5. The summed E-state index contributed by atoms with van der Waals surface area (Å²) in [6.07, 6.45) is 1.40. The standard InChI is InChI=1S/C20H32O5Si/c1-5-24-20(22)12-11-19(25-13-14-26(2,3)4)18(21)16-23-15-17-9-7-6-8-10-17/h6-12,18-19,21H,5,13-16H2,1-4H3/b12-11+/t18-,19+/m1/s1. The maximum absolute atomic E-state index is 11.5. The molecular weight excluding hydrogens is 348 g/mol. The van der Waals surface area contributed by atoms with Crippen LogP contribution in [-0.4, -0.2) is 51.2 Å². The quantitative estimate of drug-likeness (QED) is 0.342. The molecule has 0 saturated carbocycles. The van der Waals surface area contributed by atoms with Crippen LogP contribution in [0.1, 0.15) is 12.5 Å². The second-order valence-electron chi connectivity index (χ2n) is 7.33. The van der Waals surface area contributed by atoms with Gasteiger partial charge < -0.3 is 19.3 Å². The van der Waals surface area contributed by atoms with Gasteiger partial charge in [0.25, 0.3) is 0 Å². The van der Waals surface area contributed by atoms with E-state index < -0.39 is 26.3 Å². The number of aliphatic hydroxyl groups is 1. The Labute approximate surface area is 158 Å². The summed E-state index contributed by atoms with van der Waals surface area (Å²) >= 11 is 0. The smallest absolute Gasteiger partial charge is 0.330 e. The lowest BCUT2D eigenvalue weighted by Crippen LogP contribution is -2.33. The number of esters is 1. The van der Waals surface area contributed by atoms with Gasteiger partial charge in [-0.25, -0.2) is 4.79 Å². The first-order valence-corrected chi connectivity index (χ1v) is 12.8. The number of carbonyl (C=O) groups excluding carboxylic acids is 1. The Balaban J connectivity index is 2.55. The van der Waals surface area contributed by atoms with Crippen molar-refractivity contribution in [1.29, 1.82) is 0 Å². The van der Waals surface area contributed by atoms with Gasteiger partial charge in [0.15, 0.2) is 0 Å². The first-order valence-electron chi connectivity index (χ1n) is 9.08. The third-order valence-corrected chi connectivity index (χ3v) is 5.35. The highest BCUT2D eigenvalue weighted by Crippen LogP contribution is 2.12. The number of benzene rings is 1. The molecule has 1 rings (SSSR count). The van der Waals surface area contributed by atoms with Gasteiger partial charge in [0.2, 0.25) is 0 Å². The number of hydrogen-bond donors (Lipinski definition) is 1. The molecule has 0 aliphatic heterocycles. The van der Waals surface area contributed by atoms with Gasteiger partial charge >= 0.3 is 5.97 Å². The number of ether oxygens (including phenoxy) is 3. The molecule has 0 aliphatic carbocycles. The Morgan fingerprint density at radius 3 is 2.54 bits per heavy atom. The molecule has 0 spiro atoms. The first-order chi connectivity index (χ1) is 12.3. The summed E-state index contributed by atoms with van der Waals surface area (Å²) in [5, 5.41) is 10.4. The highest BCUT2D eigenvalue weighted by Gasteiger charge is 2.20. The van der Waals surface area contributed by atoms with Crippen LogP contribution in [0.4, 0.5) is 0 Å². The molecule has 0 saturated heterocycles. The minimum absolute atomic E-state index is 0.125. The average Bonchev–Trinajstić information content (AvgIpc) is 2.58. The van der Waals surface area contributed by atoms with Gasteiger partial charge in [-0.2, -0.15) is 0 Å². The van der Waals surface area contributed by atoms with Gasteiger partial charge in [-0.15, -0.1) is 0 Å². The molecule has 0 unspecified atom stereocenters. The molecule has 0 amide bonds. The second kappa shape index (κ2) is 12.0. The van der Waals surface area contributed by atoms with Crippen molar-refractivity contribution in [1.82, 2.24) is 0 Å². The van der Waals surface area contributed by atoms with E-state index >= 15 is 0 Å². The summed E-state index contributed by atoms with van der Waals surface area (Å²) in [7, 11) is -1.24.